The third-order valence-electron chi connectivity index (χ3n) is 2.96. The second-order valence-corrected chi connectivity index (χ2v) is 5.95. The molecule has 0 aromatic heterocycles. The summed E-state index contributed by atoms with van der Waals surface area (Å²) in [6.07, 6.45) is 0. The van der Waals surface area contributed by atoms with Gasteiger partial charge in [0.2, 0.25) is 0 Å². The van der Waals surface area contributed by atoms with E-state index in [9.17, 15) is 13.6 Å². The van der Waals surface area contributed by atoms with Crippen LogP contribution in [0.2, 0.25) is 0 Å². The van der Waals surface area contributed by atoms with Gasteiger partial charge in [-0.15, -0.1) is 0 Å². The zero-order chi connectivity index (χ0) is 17.5. The number of hydrogen-bond donors (Lipinski definition) is 2. The van der Waals surface area contributed by atoms with Crippen LogP contribution in [0.3, 0.4) is 0 Å². The molecule has 126 valence electrons. The molecule has 1 atom stereocenters. The molecule has 2 aromatic rings. The molecule has 8 heteroatoms. The zero-order valence-electron chi connectivity index (χ0n) is 12.8. The van der Waals surface area contributed by atoms with Crippen LogP contribution >= 0.6 is 12.2 Å². The molecule has 2 N–H and O–H groups in total. The molecule has 0 aliphatic carbocycles. The van der Waals surface area contributed by atoms with Gasteiger partial charge in [-0.25, -0.2) is 0 Å². The third-order valence-corrected chi connectivity index (χ3v) is 3.82. The highest BCUT2D eigenvalue weighted by Gasteiger charge is 2.13. The summed E-state index contributed by atoms with van der Waals surface area (Å²) in [7, 11) is 0. The van der Waals surface area contributed by atoms with Crippen molar-refractivity contribution >= 4 is 40.0 Å². The fourth-order valence-electron chi connectivity index (χ4n) is 1.92. The summed E-state index contributed by atoms with van der Waals surface area (Å²) in [5.74, 6) is 0.0800. The van der Waals surface area contributed by atoms with Crippen molar-refractivity contribution in [2.24, 2.45) is 0 Å². The van der Waals surface area contributed by atoms with Crippen LogP contribution < -0.4 is 15.4 Å². The highest BCUT2D eigenvalue weighted by molar-refractivity contribution is 7.80. The number of carbonyl (C=O) groups is 1. The molecule has 0 heterocycles. The summed E-state index contributed by atoms with van der Waals surface area (Å²) in [4.78, 5) is 12.5. The number of carbonyl (C=O) groups excluding carboxylic acids is 1. The second-order valence-electron chi connectivity index (χ2n) is 4.60. The summed E-state index contributed by atoms with van der Waals surface area (Å²) >= 11 is 2.82. The van der Waals surface area contributed by atoms with Gasteiger partial charge in [-0.1, -0.05) is 12.1 Å². The first-order valence-electron chi connectivity index (χ1n) is 7.04. The van der Waals surface area contributed by atoms with Crippen LogP contribution in [0.25, 0.3) is 0 Å². The van der Waals surface area contributed by atoms with Gasteiger partial charge in [0, 0.05) is 10.6 Å². The molecule has 2 rings (SSSR count). The summed E-state index contributed by atoms with van der Waals surface area (Å²) in [5.41, 5.74) is 0.938. The summed E-state index contributed by atoms with van der Waals surface area (Å²) < 4.78 is 27.0. The van der Waals surface area contributed by atoms with Crippen LogP contribution in [0, 0.1) is 0 Å². The number of benzene rings is 2. The lowest BCUT2D eigenvalue weighted by atomic mass is 10.2. The van der Waals surface area contributed by atoms with Gasteiger partial charge >= 0.3 is 0 Å². The average molecular weight is 363 g/mol. The van der Waals surface area contributed by atoms with Gasteiger partial charge in [0.25, 0.3) is 5.91 Å². The average Bonchev–Trinajstić information content (AvgIpc) is 2.56. The molecule has 6 nitrogen and oxygen atoms in total. The Morgan fingerprint density at radius 1 is 1.21 bits per heavy atom. The van der Waals surface area contributed by atoms with E-state index < -0.39 is 17.0 Å². The quantitative estimate of drug-likeness (QED) is 0.626. The van der Waals surface area contributed by atoms with E-state index >= 15 is 0 Å². The molecule has 2 aromatic carbocycles. The van der Waals surface area contributed by atoms with Gasteiger partial charge in [-0.3, -0.25) is 14.3 Å². The summed E-state index contributed by atoms with van der Waals surface area (Å²) in [6, 6.07) is 12.8. The van der Waals surface area contributed by atoms with Crippen molar-refractivity contribution in [1.29, 1.82) is 0 Å². The van der Waals surface area contributed by atoms with E-state index in [1.54, 1.807) is 36.4 Å². The number of hydrogen-bond acceptors (Lipinski definition) is 5. The highest BCUT2D eigenvalue weighted by Crippen LogP contribution is 2.18. The van der Waals surface area contributed by atoms with Gasteiger partial charge in [0.15, 0.2) is 5.11 Å². The van der Waals surface area contributed by atoms with E-state index in [0.717, 1.165) is 0 Å². The van der Waals surface area contributed by atoms with E-state index in [-0.39, 0.29) is 10.0 Å². The standard InChI is InChI=1S/C16H16N2O4S2/c1-2-22-14-6-4-3-5-13(14)15(19)18-16(23)17-11-7-9-12(10-8-11)24(20)21/h3-10H,2H2,1H3,(H,20,21)(H2,17,18,19,23)/p-1. The van der Waals surface area contributed by atoms with E-state index in [4.69, 9.17) is 17.0 Å². The Morgan fingerprint density at radius 2 is 1.88 bits per heavy atom. The van der Waals surface area contributed by atoms with E-state index in [2.05, 4.69) is 10.6 Å². The zero-order valence-corrected chi connectivity index (χ0v) is 14.4. The van der Waals surface area contributed by atoms with Crippen molar-refractivity contribution in [2.45, 2.75) is 11.8 Å². The molecule has 0 fully saturated rings. The summed E-state index contributed by atoms with van der Waals surface area (Å²) in [5, 5.41) is 5.48. The van der Waals surface area contributed by atoms with Gasteiger partial charge in [-0.05, 0) is 66.6 Å². The number of amides is 1. The van der Waals surface area contributed by atoms with Crippen molar-refractivity contribution in [3.8, 4) is 5.75 Å². The minimum absolute atomic E-state index is 0.0993. The molecule has 0 saturated carbocycles. The van der Waals surface area contributed by atoms with Gasteiger partial charge in [-0.2, -0.15) is 0 Å². The molecule has 24 heavy (non-hydrogen) atoms. The lowest BCUT2D eigenvalue weighted by Crippen LogP contribution is -2.34. The van der Waals surface area contributed by atoms with E-state index in [1.807, 2.05) is 6.92 Å². The van der Waals surface area contributed by atoms with Crippen molar-refractivity contribution in [3.05, 3.63) is 54.1 Å². The monoisotopic (exact) mass is 363 g/mol. The van der Waals surface area contributed by atoms with Crippen LogP contribution in [0.15, 0.2) is 53.4 Å². The predicted octanol–water partition coefficient (Wildman–Crippen LogP) is 2.45. The SMILES string of the molecule is CCOc1ccccc1C(=O)NC(=S)Nc1ccc(S(=O)[O-])cc1. The molecule has 0 spiro atoms. The van der Waals surface area contributed by atoms with Crippen molar-refractivity contribution < 1.29 is 18.3 Å². The minimum atomic E-state index is -2.28. The van der Waals surface area contributed by atoms with Crippen LogP contribution in [0.5, 0.6) is 5.75 Å². The summed E-state index contributed by atoms with van der Waals surface area (Å²) in [6.45, 7) is 2.28. The number of para-hydroxylation sites is 1. The number of anilines is 1. The first kappa shape index (κ1) is 18.1. The van der Waals surface area contributed by atoms with Gasteiger partial charge in [0.05, 0.1) is 12.2 Å². The van der Waals surface area contributed by atoms with E-state index in [1.165, 1.54) is 12.1 Å². The second kappa shape index (κ2) is 8.53. The number of thiocarbonyl (C=S) groups is 1. The fraction of sp³-hybridized carbons (Fsp3) is 0.125. The van der Waals surface area contributed by atoms with Gasteiger partial charge in [0.1, 0.15) is 5.75 Å². The normalized spacial score (nSPS) is 11.4. The Morgan fingerprint density at radius 3 is 2.50 bits per heavy atom. The Hall–Kier alpha value is -2.29. The third kappa shape index (κ3) is 4.85. The smallest absolute Gasteiger partial charge is 0.261 e. The first-order chi connectivity index (χ1) is 11.5. The molecule has 0 radical (unpaired) electrons. The lowest BCUT2D eigenvalue weighted by molar-refractivity contribution is 0.0974. The van der Waals surface area contributed by atoms with Crippen molar-refractivity contribution in [1.82, 2.24) is 5.32 Å². The topological polar surface area (TPSA) is 90.5 Å². The van der Waals surface area contributed by atoms with E-state index in [0.29, 0.717) is 23.6 Å². The predicted molar refractivity (Wildman–Crippen MR) is 94.9 cm³/mol. The molecule has 0 bridgehead atoms. The van der Waals surface area contributed by atoms with Crippen molar-refractivity contribution in [3.63, 3.8) is 0 Å². The molecule has 0 aliphatic rings. The van der Waals surface area contributed by atoms with Crippen LogP contribution in [-0.2, 0) is 11.1 Å². The Bertz CT molecular complexity index is 763. The Kier molecular flexibility index (Phi) is 6.42. The van der Waals surface area contributed by atoms with Crippen LogP contribution in [0.4, 0.5) is 5.69 Å². The van der Waals surface area contributed by atoms with Crippen LogP contribution in [0.1, 0.15) is 17.3 Å². The number of nitrogens with one attached hydrogen (secondary N) is 2. The largest absolute Gasteiger partial charge is 0.768 e. The molecule has 1 unspecified atom stereocenters. The molecule has 0 aliphatic heterocycles. The maximum atomic E-state index is 12.3. The van der Waals surface area contributed by atoms with Gasteiger partial charge < -0.3 is 14.6 Å². The Labute approximate surface area is 147 Å². The van der Waals surface area contributed by atoms with Crippen molar-refractivity contribution in [2.75, 3.05) is 11.9 Å². The molecule has 1 amide bonds. The first-order valence-corrected chi connectivity index (χ1v) is 8.53. The minimum Gasteiger partial charge on any atom is -0.768 e. The molecular formula is C16H15N2O4S2-. The molecular weight excluding hydrogens is 348 g/mol. The lowest BCUT2D eigenvalue weighted by Gasteiger charge is -2.13. The van der Waals surface area contributed by atoms with Crippen LogP contribution in [-0.4, -0.2) is 26.4 Å². The fourth-order valence-corrected chi connectivity index (χ4v) is 2.49. The number of rotatable bonds is 5. The molecule has 0 saturated heterocycles. The highest BCUT2D eigenvalue weighted by atomic mass is 32.2. The number of ether oxygens (including phenoxy) is 1. The maximum absolute atomic E-state index is 12.3. The maximum Gasteiger partial charge on any atom is 0.261 e. The Balaban J connectivity index is 2.01.